The lowest BCUT2D eigenvalue weighted by Gasteiger charge is -2.32. The van der Waals surface area contributed by atoms with Crippen LogP contribution in [-0.2, 0) is 13.0 Å². The minimum atomic E-state index is -0.202. The molecule has 3 aromatic carbocycles. The molecule has 1 aliphatic heterocycles. The molecule has 1 aliphatic rings. The Balaban J connectivity index is 1.12. The number of hydrogen-bond acceptors (Lipinski definition) is 3. The number of aryl methyl sites for hydroxylation is 2. The highest BCUT2D eigenvalue weighted by Gasteiger charge is 2.19. The van der Waals surface area contributed by atoms with Gasteiger partial charge in [-0.05, 0) is 100.0 Å². The van der Waals surface area contributed by atoms with E-state index in [1.807, 2.05) is 18.2 Å². The minimum absolute atomic E-state index is 0.202. The predicted octanol–water partition coefficient (Wildman–Crippen LogP) is 6.62. The van der Waals surface area contributed by atoms with Crippen LogP contribution in [0.25, 0.3) is 5.69 Å². The largest absolute Gasteiger partial charge is 0.318 e. The standard InChI is InChI=1S/C34H38N4O/c1-25-9-7-8-12-33(25)38-26(2)21-32(27(38)3)23-35-36-34(39)31-15-13-30(14-16-31)24-37-19-17-29(18-20-37)22-28-10-5-4-6-11-28/h4-16,21,23,29H,17-20,22,24H2,1-3H3,(H,36,39)/b35-23-. The molecule has 0 spiro atoms. The molecule has 0 unspecified atom stereocenters. The maximum Gasteiger partial charge on any atom is 0.271 e. The Hall–Kier alpha value is -3.96. The number of hydrazone groups is 1. The van der Waals surface area contributed by atoms with Crippen LogP contribution in [0.3, 0.4) is 0 Å². The number of rotatable bonds is 8. The number of hydrogen-bond donors (Lipinski definition) is 1. The number of carbonyl (C=O) groups excluding carboxylic acids is 1. The molecule has 0 radical (unpaired) electrons. The molecular weight excluding hydrogens is 480 g/mol. The molecule has 1 saturated heterocycles. The summed E-state index contributed by atoms with van der Waals surface area (Å²) in [4.78, 5) is 15.2. The van der Waals surface area contributed by atoms with Crippen molar-refractivity contribution in [1.82, 2.24) is 14.9 Å². The second-order valence-electron chi connectivity index (χ2n) is 10.8. The van der Waals surface area contributed by atoms with Crippen molar-refractivity contribution in [2.75, 3.05) is 13.1 Å². The average molecular weight is 519 g/mol. The molecule has 2 heterocycles. The van der Waals surface area contributed by atoms with Gasteiger partial charge in [-0.25, -0.2) is 5.43 Å². The van der Waals surface area contributed by atoms with Crippen LogP contribution < -0.4 is 5.43 Å². The van der Waals surface area contributed by atoms with Gasteiger partial charge in [-0.3, -0.25) is 9.69 Å². The van der Waals surface area contributed by atoms with Crippen LogP contribution in [0.15, 0.2) is 90.0 Å². The summed E-state index contributed by atoms with van der Waals surface area (Å²) in [5.41, 5.74) is 11.6. The van der Waals surface area contributed by atoms with Crippen molar-refractivity contribution >= 4 is 12.1 Å². The fourth-order valence-corrected chi connectivity index (χ4v) is 5.64. The topological polar surface area (TPSA) is 49.6 Å². The molecule has 0 bridgehead atoms. The zero-order valence-electron chi connectivity index (χ0n) is 23.2. The number of nitrogens with zero attached hydrogens (tertiary/aromatic N) is 3. The first-order chi connectivity index (χ1) is 19.0. The summed E-state index contributed by atoms with van der Waals surface area (Å²) >= 11 is 0. The Morgan fingerprint density at radius 2 is 1.59 bits per heavy atom. The minimum Gasteiger partial charge on any atom is -0.318 e. The number of para-hydroxylation sites is 1. The Morgan fingerprint density at radius 1 is 0.897 bits per heavy atom. The molecule has 0 atom stereocenters. The van der Waals surface area contributed by atoms with Crippen LogP contribution in [0, 0.1) is 26.7 Å². The van der Waals surface area contributed by atoms with Crippen LogP contribution in [0.5, 0.6) is 0 Å². The van der Waals surface area contributed by atoms with Crippen molar-refractivity contribution in [3.8, 4) is 5.69 Å². The van der Waals surface area contributed by atoms with Crippen molar-refractivity contribution in [3.63, 3.8) is 0 Å². The van der Waals surface area contributed by atoms with E-state index in [1.54, 1.807) is 6.21 Å². The summed E-state index contributed by atoms with van der Waals surface area (Å²) in [7, 11) is 0. The van der Waals surface area contributed by atoms with E-state index in [9.17, 15) is 4.79 Å². The summed E-state index contributed by atoms with van der Waals surface area (Å²) in [6, 6.07) is 29.2. The highest BCUT2D eigenvalue weighted by molar-refractivity contribution is 5.95. The molecule has 5 nitrogen and oxygen atoms in total. The highest BCUT2D eigenvalue weighted by Crippen LogP contribution is 2.24. The molecule has 5 rings (SSSR count). The first-order valence-electron chi connectivity index (χ1n) is 13.9. The van der Waals surface area contributed by atoms with Gasteiger partial charge in [-0.1, -0.05) is 60.7 Å². The van der Waals surface area contributed by atoms with Gasteiger partial charge in [0, 0.05) is 34.7 Å². The lowest BCUT2D eigenvalue weighted by Crippen LogP contribution is -2.33. The third-order valence-electron chi connectivity index (χ3n) is 7.89. The summed E-state index contributed by atoms with van der Waals surface area (Å²) in [6.45, 7) is 9.45. The Kier molecular flexibility index (Phi) is 8.38. The molecule has 200 valence electrons. The number of likely N-dealkylation sites (tertiary alicyclic amines) is 1. The zero-order chi connectivity index (χ0) is 27.2. The van der Waals surface area contributed by atoms with Crippen LogP contribution in [0.2, 0.25) is 0 Å². The molecule has 39 heavy (non-hydrogen) atoms. The van der Waals surface area contributed by atoms with E-state index in [0.717, 1.165) is 48.2 Å². The van der Waals surface area contributed by atoms with Crippen molar-refractivity contribution in [1.29, 1.82) is 0 Å². The number of nitrogens with one attached hydrogen (secondary N) is 1. The molecule has 4 aromatic rings. The maximum atomic E-state index is 12.7. The van der Waals surface area contributed by atoms with E-state index in [0.29, 0.717) is 5.56 Å². The average Bonchev–Trinajstić information content (AvgIpc) is 3.23. The Morgan fingerprint density at radius 3 is 2.31 bits per heavy atom. The van der Waals surface area contributed by atoms with Crippen molar-refractivity contribution < 1.29 is 4.79 Å². The normalized spacial score (nSPS) is 14.6. The van der Waals surface area contributed by atoms with Gasteiger partial charge in [0.1, 0.15) is 0 Å². The van der Waals surface area contributed by atoms with E-state index < -0.39 is 0 Å². The first kappa shape index (κ1) is 26.6. The highest BCUT2D eigenvalue weighted by atomic mass is 16.2. The SMILES string of the molecule is Cc1ccccc1-n1c(C)cc(/C=N\NC(=O)c2ccc(CN3CCC(Cc4ccccc4)CC3)cc2)c1C. The molecule has 0 aliphatic carbocycles. The van der Waals surface area contributed by atoms with E-state index in [1.165, 1.54) is 36.0 Å². The van der Waals surface area contributed by atoms with Crippen molar-refractivity contribution in [2.45, 2.75) is 46.6 Å². The van der Waals surface area contributed by atoms with Gasteiger partial charge >= 0.3 is 0 Å². The van der Waals surface area contributed by atoms with Gasteiger partial charge < -0.3 is 4.57 Å². The summed E-state index contributed by atoms with van der Waals surface area (Å²) in [5.74, 6) is 0.566. The third kappa shape index (κ3) is 6.55. The van der Waals surface area contributed by atoms with Crippen molar-refractivity contribution in [2.24, 2.45) is 11.0 Å². The molecule has 1 N–H and O–H groups in total. The summed E-state index contributed by atoms with van der Waals surface area (Å²) in [6.07, 6.45) is 5.38. The number of piperidine rings is 1. The van der Waals surface area contributed by atoms with Gasteiger partial charge in [0.2, 0.25) is 0 Å². The van der Waals surface area contributed by atoms with Crippen LogP contribution in [0.4, 0.5) is 0 Å². The first-order valence-corrected chi connectivity index (χ1v) is 13.9. The van der Waals surface area contributed by atoms with Gasteiger partial charge in [-0.2, -0.15) is 5.10 Å². The van der Waals surface area contributed by atoms with E-state index in [4.69, 9.17) is 0 Å². The molecule has 0 saturated carbocycles. The monoisotopic (exact) mass is 518 g/mol. The Labute approximate surface area is 232 Å². The summed E-state index contributed by atoms with van der Waals surface area (Å²) < 4.78 is 2.23. The molecule has 1 amide bonds. The smallest absolute Gasteiger partial charge is 0.271 e. The zero-order valence-corrected chi connectivity index (χ0v) is 23.2. The van der Waals surface area contributed by atoms with Gasteiger partial charge in [0.25, 0.3) is 5.91 Å². The van der Waals surface area contributed by atoms with E-state index in [-0.39, 0.29) is 5.91 Å². The lowest BCUT2D eigenvalue weighted by atomic mass is 9.90. The maximum absolute atomic E-state index is 12.7. The molecule has 1 aromatic heterocycles. The molecular formula is C34H38N4O. The summed E-state index contributed by atoms with van der Waals surface area (Å²) in [5, 5.41) is 4.26. The third-order valence-corrected chi connectivity index (χ3v) is 7.89. The van der Waals surface area contributed by atoms with Crippen LogP contribution in [0.1, 0.15) is 56.8 Å². The van der Waals surface area contributed by atoms with Crippen LogP contribution >= 0.6 is 0 Å². The van der Waals surface area contributed by atoms with Gasteiger partial charge in [0.15, 0.2) is 0 Å². The van der Waals surface area contributed by atoms with Gasteiger partial charge in [-0.15, -0.1) is 0 Å². The number of amides is 1. The second kappa shape index (κ2) is 12.3. The van der Waals surface area contributed by atoms with Gasteiger partial charge in [0.05, 0.1) is 6.21 Å². The fraction of sp³-hybridized carbons (Fsp3) is 0.294. The Bertz CT molecular complexity index is 1430. The number of benzene rings is 3. The van der Waals surface area contributed by atoms with E-state index >= 15 is 0 Å². The second-order valence-corrected chi connectivity index (χ2v) is 10.8. The number of aromatic nitrogens is 1. The van der Waals surface area contributed by atoms with E-state index in [2.05, 4.69) is 107 Å². The quantitative estimate of drug-likeness (QED) is 0.210. The van der Waals surface area contributed by atoms with Crippen LogP contribution in [-0.4, -0.2) is 34.7 Å². The molecule has 1 fully saturated rings. The fourth-order valence-electron chi connectivity index (χ4n) is 5.64. The molecule has 5 heteroatoms. The number of carbonyl (C=O) groups is 1. The van der Waals surface area contributed by atoms with Crippen molar-refractivity contribution in [3.05, 3.63) is 124 Å². The lowest BCUT2D eigenvalue weighted by molar-refractivity contribution is 0.0955. The predicted molar refractivity (Wildman–Crippen MR) is 160 cm³/mol.